The second-order valence-electron chi connectivity index (χ2n) is 4.34. The van der Waals surface area contributed by atoms with Gasteiger partial charge in [-0.25, -0.2) is 8.42 Å². The van der Waals surface area contributed by atoms with Crippen LogP contribution in [0.3, 0.4) is 0 Å². The molecule has 0 aliphatic carbocycles. The first-order chi connectivity index (χ1) is 7.95. The Morgan fingerprint density at radius 2 is 2.12 bits per heavy atom. The highest BCUT2D eigenvalue weighted by Gasteiger charge is 2.38. The lowest BCUT2D eigenvalue weighted by molar-refractivity contribution is -0.122. The van der Waals surface area contributed by atoms with Crippen LogP contribution in [0.15, 0.2) is 0 Å². The van der Waals surface area contributed by atoms with Gasteiger partial charge in [0.05, 0.1) is 5.25 Å². The minimum absolute atomic E-state index is 0.0703. The molecule has 4 N–H and O–H groups in total. The van der Waals surface area contributed by atoms with Gasteiger partial charge in [0.2, 0.25) is 15.9 Å². The van der Waals surface area contributed by atoms with Gasteiger partial charge in [-0.05, 0) is 19.3 Å². The first-order valence-corrected chi connectivity index (χ1v) is 7.45. The lowest BCUT2D eigenvalue weighted by Crippen LogP contribution is -2.54. The van der Waals surface area contributed by atoms with Crippen LogP contribution in [0.2, 0.25) is 0 Å². The van der Waals surface area contributed by atoms with Crippen molar-refractivity contribution >= 4 is 15.9 Å². The molecule has 1 aliphatic rings. The second-order valence-corrected chi connectivity index (χ2v) is 6.50. The quantitative estimate of drug-likeness (QED) is 0.690. The van der Waals surface area contributed by atoms with E-state index in [0.717, 1.165) is 12.8 Å². The Balaban J connectivity index is 2.98. The molecule has 1 aliphatic heterocycles. The van der Waals surface area contributed by atoms with E-state index in [4.69, 9.17) is 11.5 Å². The van der Waals surface area contributed by atoms with Gasteiger partial charge in [0.25, 0.3) is 0 Å². The zero-order chi connectivity index (χ0) is 13.1. The number of carbonyl (C=O) groups is 1. The molecule has 0 aromatic heterocycles. The molecule has 1 fully saturated rings. The molecule has 100 valence electrons. The fraction of sp³-hybridized carbons (Fsp3) is 0.900. The number of nitrogens with two attached hydrogens (primary N) is 2. The molecule has 1 heterocycles. The van der Waals surface area contributed by atoms with Crippen LogP contribution in [0.25, 0.3) is 0 Å². The van der Waals surface area contributed by atoms with E-state index in [1.807, 2.05) is 0 Å². The molecule has 1 amide bonds. The average Bonchev–Trinajstić information content (AvgIpc) is 2.30. The van der Waals surface area contributed by atoms with Gasteiger partial charge in [0.1, 0.15) is 6.04 Å². The van der Waals surface area contributed by atoms with Crippen molar-refractivity contribution in [2.75, 3.05) is 13.1 Å². The van der Waals surface area contributed by atoms with E-state index in [9.17, 15) is 13.2 Å². The largest absolute Gasteiger partial charge is 0.368 e. The zero-order valence-electron chi connectivity index (χ0n) is 10.1. The average molecular weight is 263 g/mol. The maximum atomic E-state index is 12.3. The number of rotatable bonds is 5. The van der Waals surface area contributed by atoms with Crippen LogP contribution >= 0.6 is 0 Å². The van der Waals surface area contributed by atoms with Gasteiger partial charge in [-0.15, -0.1) is 0 Å². The van der Waals surface area contributed by atoms with Gasteiger partial charge in [0.15, 0.2) is 0 Å². The van der Waals surface area contributed by atoms with Gasteiger partial charge in [0, 0.05) is 13.1 Å². The SMILES string of the molecule is CCC(CN)S(=O)(=O)N1CCCCC1C(N)=O. The van der Waals surface area contributed by atoms with Gasteiger partial charge in [-0.2, -0.15) is 4.31 Å². The van der Waals surface area contributed by atoms with Gasteiger partial charge in [-0.1, -0.05) is 13.3 Å². The minimum Gasteiger partial charge on any atom is -0.368 e. The summed E-state index contributed by atoms with van der Waals surface area (Å²) in [6, 6.07) is -0.700. The van der Waals surface area contributed by atoms with Crippen LogP contribution in [-0.4, -0.2) is 43.0 Å². The topological polar surface area (TPSA) is 106 Å². The van der Waals surface area contributed by atoms with Crippen molar-refractivity contribution in [3.8, 4) is 0 Å². The standard InChI is InChI=1S/C10H21N3O3S/c1-2-8(7-11)17(15,16)13-6-4-3-5-9(13)10(12)14/h8-9H,2-7,11H2,1H3,(H2,12,14). The van der Waals surface area contributed by atoms with Crippen LogP contribution in [0.4, 0.5) is 0 Å². The molecule has 0 aromatic rings. The third-order valence-electron chi connectivity index (χ3n) is 3.25. The predicted molar refractivity (Wildman–Crippen MR) is 65.6 cm³/mol. The number of primary amides is 1. The highest BCUT2D eigenvalue weighted by molar-refractivity contribution is 7.89. The Hall–Kier alpha value is -0.660. The highest BCUT2D eigenvalue weighted by atomic mass is 32.2. The van der Waals surface area contributed by atoms with Crippen LogP contribution in [0.1, 0.15) is 32.6 Å². The molecule has 2 atom stereocenters. The van der Waals surface area contributed by atoms with Crippen molar-refractivity contribution < 1.29 is 13.2 Å². The summed E-state index contributed by atoms with van der Waals surface area (Å²) in [5.74, 6) is -0.569. The summed E-state index contributed by atoms with van der Waals surface area (Å²) in [6.07, 6.45) is 2.56. The van der Waals surface area contributed by atoms with Crippen LogP contribution in [0, 0.1) is 0 Å². The van der Waals surface area contributed by atoms with Crippen molar-refractivity contribution in [3.05, 3.63) is 0 Å². The maximum Gasteiger partial charge on any atom is 0.235 e. The van der Waals surface area contributed by atoms with Crippen molar-refractivity contribution in [2.24, 2.45) is 11.5 Å². The van der Waals surface area contributed by atoms with E-state index in [1.165, 1.54) is 4.31 Å². The van der Waals surface area contributed by atoms with E-state index < -0.39 is 27.2 Å². The summed E-state index contributed by atoms with van der Waals surface area (Å²) in [5, 5.41) is -0.623. The maximum absolute atomic E-state index is 12.3. The molecule has 2 unspecified atom stereocenters. The summed E-state index contributed by atoms with van der Waals surface area (Å²) in [6.45, 7) is 2.21. The molecule has 0 aromatic carbocycles. The molecule has 17 heavy (non-hydrogen) atoms. The van der Waals surface area contributed by atoms with Crippen LogP contribution in [-0.2, 0) is 14.8 Å². The second kappa shape index (κ2) is 5.79. The summed E-state index contributed by atoms with van der Waals surface area (Å²) in [4.78, 5) is 11.3. The molecule has 6 nitrogen and oxygen atoms in total. The number of carbonyl (C=O) groups excluding carboxylic acids is 1. The number of amides is 1. The minimum atomic E-state index is -3.51. The molecule has 0 radical (unpaired) electrons. The first kappa shape index (κ1) is 14.4. The summed E-state index contributed by atoms with van der Waals surface area (Å²) >= 11 is 0. The lowest BCUT2D eigenvalue weighted by atomic mass is 10.0. The Morgan fingerprint density at radius 1 is 1.47 bits per heavy atom. The summed E-state index contributed by atoms with van der Waals surface area (Å²) in [7, 11) is -3.51. The molecule has 0 spiro atoms. The Morgan fingerprint density at radius 3 is 2.59 bits per heavy atom. The van der Waals surface area contributed by atoms with Gasteiger partial charge >= 0.3 is 0 Å². The number of nitrogens with zero attached hydrogens (tertiary/aromatic N) is 1. The van der Waals surface area contributed by atoms with E-state index in [1.54, 1.807) is 6.92 Å². The third kappa shape index (κ3) is 2.97. The van der Waals surface area contributed by atoms with Crippen molar-refractivity contribution in [1.29, 1.82) is 0 Å². The number of hydrogen-bond donors (Lipinski definition) is 2. The van der Waals surface area contributed by atoms with Crippen LogP contribution in [0.5, 0.6) is 0 Å². The predicted octanol–water partition coefficient (Wildman–Crippen LogP) is -0.607. The fourth-order valence-electron chi connectivity index (χ4n) is 2.18. The lowest BCUT2D eigenvalue weighted by Gasteiger charge is -2.34. The number of hydrogen-bond acceptors (Lipinski definition) is 4. The molecule has 7 heteroatoms. The smallest absolute Gasteiger partial charge is 0.235 e. The summed E-state index contributed by atoms with van der Waals surface area (Å²) < 4.78 is 25.9. The zero-order valence-corrected chi connectivity index (χ0v) is 10.9. The molecule has 0 bridgehead atoms. The first-order valence-electron chi connectivity index (χ1n) is 5.95. The molecule has 1 rings (SSSR count). The van der Waals surface area contributed by atoms with E-state index >= 15 is 0 Å². The van der Waals surface area contributed by atoms with Gasteiger partial charge < -0.3 is 11.5 Å². The monoisotopic (exact) mass is 263 g/mol. The van der Waals surface area contributed by atoms with Gasteiger partial charge in [-0.3, -0.25) is 4.79 Å². The molecule has 0 saturated carbocycles. The van der Waals surface area contributed by atoms with Crippen molar-refractivity contribution in [3.63, 3.8) is 0 Å². The summed E-state index contributed by atoms with van der Waals surface area (Å²) in [5.41, 5.74) is 10.7. The Kier molecular flexibility index (Phi) is 4.91. The van der Waals surface area contributed by atoms with Crippen LogP contribution < -0.4 is 11.5 Å². The number of piperidine rings is 1. The Labute approximate surface area is 102 Å². The van der Waals surface area contributed by atoms with Crippen molar-refractivity contribution in [2.45, 2.75) is 43.9 Å². The van der Waals surface area contributed by atoms with E-state index in [-0.39, 0.29) is 6.54 Å². The molecule has 1 saturated heterocycles. The third-order valence-corrected chi connectivity index (χ3v) is 5.71. The highest BCUT2D eigenvalue weighted by Crippen LogP contribution is 2.23. The van der Waals surface area contributed by atoms with E-state index in [2.05, 4.69) is 0 Å². The molecular formula is C10H21N3O3S. The molecular weight excluding hydrogens is 242 g/mol. The normalized spacial score (nSPS) is 24.5. The number of sulfonamides is 1. The Bertz CT molecular complexity index is 365. The van der Waals surface area contributed by atoms with E-state index in [0.29, 0.717) is 19.4 Å². The van der Waals surface area contributed by atoms with Crippen molar-refractivity contribution in [1.82, 2.24) is 4.31 Å². The fourth-order valence-corrected chi connectivity index (χ4v) is 4.18.